The number of nitrogens with one attached hydrogen (secondary N) is 2. The maximum absolute atomic E-state index is 4.67. The SMILES string of the molecule is CCc1cc(NCC2CCNCC2)nc(-n2nc(C)cc2C)n1. The van der Waals surface area contributed by atoms with E-state index in [2.05, 4.69) is 38.7 Å². The first-order valence-electron chi connectivity index (χ1n) is 8.52. The highest BCUT2D eigenvalue weighted by Gasteiger charge is 2.14. The molecule has 2 aromatic rings. The number of rotatable bonds is 5. The van der Waals surface area contributed by atoms with Gasteiger partial charge < -0.3 is 10.6 Å². The number of hydrogen-bond donors (Lipinski definition) is 2. The zero-order valence-electron chi connectivity index (χ0n) is 14.3. The Bertz CT molecular complexity index is 657. The van der Waals surface area contributed by atoms with Gasteiger partial charge in [0.25, 0.3) is 5.95 Å². The Kier molecular flexibility index (Phi) is 4.91. The van der Waals surface area contributed by atoms with Crippen molar-refractivity contribution in [2.75, 3.05) is 25.0 Å². The van der Waals surface area contributed by atoms with Gasteiger partial charge in [-0.1, -0.05) is 6.92 Å². The summed E-state index contributed by atoms with van der Waals surface area (Å²) < 4.78 is 1.82. The molecule has 1 aliphatic heterocycles. The van der Waals surface area contributed by atoms with E-state index in [4.69, 9.17) is 0 Å². The Hall–Kier alpha value is -1.95. The minimum absolute atomic E-state index is 0.655. The molecule has 0 atom stereocenters. The standard InChI is InChI=1S/C17H26N6/c1-4-15-10-16(19-11-14-5-7-18-8-6-14)21-17(20-15)23-13(3)9-12(2)22-23/h9-10,14,18H,4-8,11H2,1-3H3,(H,19,20,21). The molecular weight excluding hydrogens is 288 g/mol. The predicted molar refractivity (Wildman–Crippen MR) is 92.1 cm³/mol. The molecule has 1 saturated heterocycles. The van der Waals surface area contributed by atoms with Gasteiger partial charge in [0.05, 0.1) is 5.69 Å². The molecule has 23 heavy (non-hydrogen) atoms. The predicted octanol–water partition coefficient (Wildman–Crippen LogP) is 2.25. The van der Waals surface area contributed by atoms with Crippen molar-refractivity contribution in [2.24, 2.45) is 5.92 Å². The average molecular weight is 314 g/mol. The second-order valence-corrected chi connectivity index (χ2v) is 6.31. The number of aromatic nitrogens is 4. The summed E-state index contributed by atoms with van der Waals surface area (Å²) in [5.74, 6) is 2.27. The van der Waals surface area contributed by atoms with E-state index in [-0.39, 0.29) is 0 Å². The third-order valence-corrected chi connectivity index (χ3v) is 4.36. The summed E-state index contributed by atoms with van der Waals surface area (Å²) in [4.78, 5) is 9.30. The summed E-state index contributed by atoms with van der Waals surface area (Å²) in [6.45, 7) is 9.34. The maximum Gasteiger partial charge on any atom is 0.252 e. The van der Waals surface area contributed by atoms with Crippen LogP contribution in [0, 0.1) is 19.8 Å². The lowest BCUT2D eigenvalue weighted by atomic mass is 9.98. The highest BCUT2D eigenvalue weighted by atomic mass is 15.4. The van der Waals surface area contributed by atoms with Crippen LogP contribution in [0.4, 0.5) is 5.82 Å². The van der Waals surface area contributed by atoms with E-state index >= 15 is 0 Å². The molecule has 0 saturated carbocycles. The fourth-order valence-electron chi connectivity index (χ4n) is 3.02. The van der Waals surface area contributed by atoms with Gasteiger partial charge in [0.1, 0.15) is 5.82 Å². The van der Waals surface area contributed by atoms with Crippen LogP contribution >= 0.6 is 0 Å². The summed E-state index contributed by atoms with van der Waals surface area (Å²) >= 11 is 0. The number of nitrogens with zero attached hydrogens (tertiary/aromatic N) is 4. The number of piperidine rings is 1. The summed E-state index contributed by atoms with van der Waals surface area (Å²) in [6, 6.07) is 4.10. The average Bonchev–Trinajstić information content (AvgIpc) is 2.92. The Balaban J connectivity index is 1.79. The smallest absolute Gasteiger partial charge is 0.252 e. The van der Waals surface area contributed by atoms with E-state index in [0.717, 1.165) is 49.0 Å². The molecule has 0 spiro atoms. The largest absolute Gasteiger partial charge is 0.370 e. The van der Waals surface area contributed by atoms with Crippen LogP contribution in [0.1, 0.15) is 36.8 Å². The first kappa shape index (κ1) is 15.9. The number of hydrogen-bond acceptors (Lipinski definition) is 5. The molecule has 2 N–H and O–H groups in total. The van der Waals surface area contributed by atoms with Crippen molar-refractivity contribution in [1.82, 2.24) is 25.1 Å². The molecule has 0 aliphatic carbocycles. The number of anilines is 1. The molecule has 0 amide bonds. The molecule has 1 fully saturated rings. The van der Waals surface area contributed by atoms with Crippen molar-refractivity contribution in [3.05, 3.63) is 29.2 Å². The van der Waals surface area contributed by atoms with Crippen molar-refractivity contribution in [2.45, 2.75) is 40.0 Å². The van der Waals surface area contributed by atoms with Gasteiger partial charge in [0.2, 0.25) is 0 Å². The Morgan fingerprint density at radius 1 is 1.22 bits per heavy atom. The van der Waals surface area contributed by atoms with Crippen LogP contribution < -0.4 is 10.6 Å². The van der Waals surface area contributed by atoms with Gasteiger partial charge in [-0.25, -0.2) is 9.67 Å². The van der Waals surface area contributed by atoms with Crippen molar-refractivity contribution in [1.29, 1.82) is 0 Å². The van der Waals surface area contributed by atoms with Gasteiger partial charge >= 0.3 is 0 Å². The van der Waals surface area contributed by atoms with E-state index < -0.39 is 0 Å². The molecule has 3 heterocycles. The van der Waals surface area contributed by atoms with Gasteiger partial charge in [-0.3, -0.25) is 0 Å². The van der Waals surface area contributed by atoms with E-state index in [1.165, 1.54) is 12.8 Å². The Morgan fingerprint density at radius 3 is 2.65 bits per heavy atom. The molecule has 2 aromatic heterocycles. The van der Waals surface area contributed by atoms with Crippen LogP contribution in [-0.2, 0) is 6.42 Å². The second-order valence-electron chi connectivity index (χ2n) is 6.31. The van der Waals surface area contributed by atoms with Crippen LogP contribution in [0.5, 0.6) is 0 Å². The third-order valence-electron chi connectivity index (χ3n) is 4.36. The molecule has 124 valence electrons. The molecular formula is C17H26N6. The highest BCUT2D eigenvalue weighted by molar-refractivity contribution is 5.39. The van der Waals surface area contributed by atoms with Crippen LogP contribution in [-0.4, -0.2) is 39.4 Å². The van der Waals surface area contributed by atoms with Gasteiger partial charge in [0.15, 0.2) is 0 Å². The first-order chi connectivity index (χ1) is 11.2. The maximum atomic E-state index is 4.67. The Morgan fingerprint density at radius 2 is 2.00 bits per heavy atom. The van der Waals surface area contributed by atoms with Crippen molar-refractivity contribution >= 4 is 5.82 Å². The van der Waals surface area contributed by atoms with Crippen LogP contribution in [0.25, 0.3) is 5.95 Å². The van der Waals surface area contributed by atoms with Crippen LogP contribution in [0.15, 0.2) is 12.1 Å². The fraction of sp³-hybridized carbons (Fsp3) is 0.588. The van der Waals surface area contributed by atoms with Crippen LogP contribution in [0.3, 0.4) is 0 Å². The van der Waals surface area contributed by atoms with Crippen LogP contribution in [0.2, 0.25) is 0 Å². The number of aryl methyl sites for hydroxylation is 3. The lowest BCUT2D eigenvalue weighted by Crippen LogP contribution is -2.31. The summed E-state index contributed by atoms with van der Waals surface area (Å²) in [7, 11) is 0. The molecule has 3 rings (SSSR count). The second kappa shape index (κ2) is 7.08. The fourth-order valence-corrected chi connectivity index (χ4v) is 3.02. The van der Waals surface area contributed by atoms with Gasteiger partial charge in [-0.05, 0) is 58.2 Å². The van der Waals surface area contributed by atoms with Crippen molar-refractivity contribution in [3.63, 3.8) is 0 Å². The molecule has 6 heteroatoms. The van der Waals surface area contributed by atoms with E-state index in [9.17, 15) is 0 Å². The molecule has 1 aliphatic rings. The van der Waals surface area contributed by atoms with E-state index in [1.54, 1.807) is 0 Å². The molecule has 0 aromatic carbocycles. The summed E-state index contributed by atoms with van der Waals surface area (Å²) in [5, 5.41) is 11.4. The minimum Gasteiger partial charge on any atom is -0.370 e. The zero-order valence-corrected chi connectivity index (χ0v) is 14.3. The topological polar surface area (TPSA) is 67.7 Å². The third kappa shape index (κ3) is 3.88. The minimum atomic E-state index is 0.655. The van der Waals surface area contributed by atoms with E-state index in [0.29, 0.717) is 11.9 Å². The normalized spacial score (nSPS) is 15.8. The van der Waals surface area contributed by atoms with E-state index in [1.807, 2.05) is 24.6 Å². The highest BCUT2D eigenvalue weighted by Crippen LogP contribution is 2.16. The zero-order chi connectivity index (χ0) is 16.2. The molecule has 6 nitrogen and oxygen atoms in total. The monoisotopic (exact) mass is 314 g/mol. The van der Waals surface area contributed by atoms with Crippen molar-refractivity contribution in [3.8, 4) is 5.95 Å². The van der Waals surface area contributed by atoms with Crippen molar-refractivity contribution < 1.29 is 0 Å². The van der Waals surface area contributed by atoms with Gasteiger partial charge in [-0.15, -0.1) is 0 Å². The lowest BCUT2D eigenvalue weighted by molar-refractivity contribution is 0.389. The molecule has 0 radical (unpaired) electrons. The molecule has 0 unspecified atom stereocenters. The van der Waals surface area contributed by atoms with Gasteiger partial charge in [0, 0.05) is 24.0 Å². The molecule has 0 bridgehead atoms. The quantitative estimate of drug-likeness (QED) is 0.886. The Labute approximate surface area is 137 Å². The van der Waals surface area contributed by atoms with Gasteiger partial charge in [-0.2, -0.15) is 10.1 Å². The summed E-state index contributed by atoms with van der Waals surface area (Å²) in [5.41, 5.74) is 3.08. The first-order valence-corrected chi connectivity index (χ1v) is 8.52. The lowest BCUT2D eigenvalue weighted by Gasteiger charge is -2.23. The summed E-state index contributed by atoms with van der Waals surface area (Å²) in [6.07, 6.45) is 3.34.